The summed E-state index contributed by atoms with van der Waals surface area (Å²) in [5.74, 6) is -1.12. The molecule has 0 bridgehead atoms. The number of carbonyl (C=O) groups excluding carboxylic acids is 1. The van der Waals surface area contributed by atoms with Gasteiger partial charge in [0.05, 0.1) is 0 Å². The number of piperazine rings is 1. The van der Waals surface area contributed by atoms with Crippen LogP contribution in [0.4, 0.5) is 8.78 Å². The van der Waals surface area contributed by atoms with Crippen molar-refractivity contribution in [1.29, 1.82) is 0 Å². The fraction of sp³-hybridized carbons (Fsp3) is 0.381. The van der Waals surface area contributed by atoms with Gasteiger partial charge in [0.15, 0.2) is 0 Å². The molecule has 0 aliphatic carbocycles. The Labute approximate surface area is 170 Å². The molecule has 2 aromatic rings. The van der Waals surface area contributed by atoms with E-state index in [4.69, 9.17) is 0 Å². The van der Waals surface area contributed by atoms with E-state index in [9.17, 15) is 13.6 Å². The summed E-state index contributed by atoms with van der Waals surface area (Å²) in [5, 5.41) is 6.15. The summed E-state index contributed by atoms with van der Waals surface area (Å²) in [7, 11) is 0. The van der Waals surface area contributed by atoms with Crippen molar-refractivity contribution in [2.75, 3.05) is 39.3 Å². The molecule has 0 saturated carbocycles. The third-order valence-electron chi connectivity index (χ3n) is 4.86. The highest BCUT2D eigenvalue weighted by atomic mass is 35.5. The number of nitrogens with one attached hydrogen (secondary N) is 2. The average molecular weight is 410 g/mol. The summed E-state index contributed by atoms with van der Waals surface area (Å²) in [6, 6.07) is 8.65. The molecular formula is C21H26ClF2N3O. The van der Waals surface area contributed by atoms with E-state index < -0.39 is 5.82 Å². The zero-order valence-electron chi connectivity index (χ0n) is 15.9. The number of aryl methyl sites for hydroxylation is 1. The Morgan fingerprint density at radius 2 is 1.82 bits per heavy atom. The fourth-order valence-corrected chi connectivity index (χ4v) is 3.35. The van der Waals surface area contributed by atoms with E-state index in [0.29, 0.717) is 23.2 Å². The molecule has 7 heteroatoms. The van der Waals surface area contributed by atoms with Crippen molar-refractivity contribution in [3.63, 3.8) is 0 Å². The second kappa shape index (κ2) is 10.5. The van der Waals surface area contributed by atoms with Gasteiger partial charge in [-0.1, -0.05) is 12.1 Å². The van der Waals surface area contributed by atoms with Crippen LogP contribution in [0.2, 0.25) is 0 Å². The molecule has 0 radical (unpaired) electrons. The van der Waals surface area contributed by atoms with Crippen LogP contribution in [0.25, 0.3) is 11.1 Å². The highest BCUT2D eigenvalue weighted by Crippen LogP contribution is 2.27. The predicted molar refractivity (Wildman–Crippen MR) is 110 cm³/mol. The van der Waals surface area contributed by atoms with Crippen LogP contribution in [-0.2, 0) is 0 Å². The van der Waals surface area contributed by atoms with Crippen molar-refractivity contribution in [1.82, 2.24) is 15.5 Å². The van der Waals surface area contributed by atoms with Crippen molar-refractivity contribution >= 4 is 18.3 Å². The third kappa shape index (κ3) is 5.74. The Morgan fingerprint density at radius 3 is 2.50 bits per heavy atom. The van der Waals surface area contributed by atoms with Gasteiger partial charge in [0.2, 0.25) is 0 Å². The molecule has 4 nitrogen and oxygen atoms in total. The third-order valence-corrected chi connectivity index (χ3v) is 4.86. The Hall–Kier alpha value is -2.02. The summed E-state index contributed by atoms with van der Waals surface area (Å²) in [5.41, 5.74) is 1.93. The van der Waals surface area contributed by atoms with Crippen LogP contribution >= 0.6 is 12.4 Å². The van der Waals surface area contributed by atoms with Gasteiger partial charge in [0, 0.05) is 43.9 Å². The second-order valence-electron chi connectivity index (χ2n) is 6.85. The number of benzene rings is 2. The van der Waals surface area contributed by atoms with Crippen LogP contribution in [0.5, 0.6) is 0 Å². The van der Waals surface area contributed by atoms with Crippen molar-refractivity contribution in [2.24, 2.45) is 0 Å². The highest BCUT2D eigenvalue weighted by molar-refractivity contribution is 5.94. The maximum absolute atomic E-state index is 14.5. The van der Waals surface area contributed by atoms with Crippen molar-refractivity contribution < 1.29 is 13.6 Å². The fourth-order valence-electron chi connectivity index (χ4n) is 3.35. The number of halogens is 3. The molecule has 1 aliphatic heterocycles. The lowest BCUT2D eigenvalue weighted by molar-refractivity contribution is 0.0951. The first-order valence-corrected chi connectivity index (χ1v) is 9.32. The van der Waals surface area contributed by atoms with Gasteiger partial charge in [-0.2, -0.15) is 0 Å². The van der Waals surface area contributed by atoms with Crippen molar-refractivity contribution in [2.45, 2.75) is 13.3 Å². The zero-order chi connectivity index (χ0) is 19.2. The first-order chi connectivity index (χ1) is 13.0. The zero-order valence-corrected chi connectivity index (χ0v) is 16.7. The van der Waals surface area contributed by atoms with Gasteiger partial charge in [0.25, 0.3) is 5.91 Å². The minimum absolute atomic E-state index is 0. The quantitative estimate of drug-likeness (QED) is 0.719. The first-order valence-electron chi connectivity index (χ1n) is 9.32. The maximum atomic E-state index is 14.5. The molecule has 28 heavy (non-hydrogen) atoms. The van der Waals surface area contributed by atoms with E-state index in [1.807, 2.05) is 0 Å². The number of hydrogen-bond donors (Lipinski definition) is 2. The normalized spacial score (nSPS) is 14.4. The number of nitrogens with zero attached hydrogens (tertiary/aromatic N) is 1. The number of carbonyl (C=O) groups is 1. The van der Waals surface area contributed by atoms with E-state index in [1.165, 1.54) is 18.2 Å². The summed E-state index contributed by atoms with van der Waals surface area (Å²) in [4.78, 5) is 14.6. The highest BCUT2D eigenvalue weighted by Gasteiger charge is 2.13. The predicted octanol–water partition coefficient (Wildman–Crippen LogP) is 3.39. The van der Waals surface area contributed by atoms with Crippen LogP contribution in [0.1, 0.15) is 22.3 Å². The minimum Gasteiger partial charge on any atom is -0.352 e. The molecule has 0 spiro atoms. The van der Waals surface area contributed by atoms with E-state index in [1.54, 1.807) is 25.1 Å². The lowest BCUT2D eigenvalue weighted by Crippen LogP contribution is -2.44. The monoisotopic (exact) mass is 409 g/mol. The molecule has 152 valence electrons. The topological polar surface area (TPSA) is 44.4 Å². The molecule has 2 N–H and O–H groups in total. The molecule has 1 fully saturated rings. The Kier molecular flexibility index (Phi) is 8.35. The summed E-state index contributed by atoms with van der Waals surface area (Å²) in [6.07, 6.45) is 0.862. The van der Waals surface area contributed by atoms with Crippen LogP contribution in [-0.4, -0.2) is 50.1 Å². The van der Waals surface area contributed by atoms with Gasteiger partial charge in [0.1, 0.15) is 11.6 Å². The van der Waals surface area contributed by atoms with E-state index in [2.05, 4.69) is 15.5 Å². The van der Waals surface area contributed by atoms with Gasteiger partial charge in [-0.05, 0) is 55.3 Å². The van der Waals surface area contributed by atoms with Crippen LogP contribution in [0, 0.1) is 18.6 Å². The van der Waals surface area contributed by atoms with Crippen LogP contribution in [0.15, 0.2) is 36.4 Å². The molecule has 2 aromatic carbocycles. The van der Waals surface area contributed by atoms with E-state index in [0.717, 1.165) is 39.1 Å². The Bertz CT molecular complexity index is 810. The maximum Gasteiger partial charge on any atom is 0.251 e. The molecule has 1 saturated heterocycles. The van der Waals surface area contributed by atoms with Gasteiger partial charge in [-0.3, -0.25) is 4.79 Å². The van der Waals surface area contributed by atoms with E-state index in [-0.39, 0.29) is 29.7 Å². The lowest BCUT2D eigenvalue weighted by Gasteiger charge is -2.27. The largest absolute Gasteiger partial charge is 0.352 e. The summed E-state index contributed by atoms with van der Waals surface area (Å²) < 4.78 is 27.8. The number of hydrogen-bond acceptors (Lipinski definition) is 3. The summed E-state index contributed by atoms with van der Waals surface area (Å²) in [6.45, 7) is 7.31. The molecule has 1 aliphatic rings. The molecule has 1 amide bonds. The summed E-state index contributed by atoms with van der Waals surface area (Å²) >= 11 is 0. The average Bonchev–Trinajstić information content (AvgIpc) is 2.66. The van der Waals surface area contributed by atoms with Crippen LogP contribution in [0.3, 0.4) is 0 Å². The molecule has 3 rings (SSSR count). The van der Waals surface area contributed by atoms with Gasteiger partial charge in [-0.25, -0.2) is 8.78 Å². The number of amides is 1. The van der Waals surface area contributed by atoms with Crippen LogP contribution < -0.4 is 10.6 Å². The lowest BCUT2D eigenvalue weighted by atomic mass is 9.98. The molecule has 0 aromatic heterocycles. The smallest absolute Gasteiger partial charge is 0.251 e. The number of rotatable bonds is 6. The van der Waals surface area contributed by atoms with Gasteiger partial charge < -0.3 is 15.5 Å². The first kappa shape index (κ1) is 22.3. The van der Waals surface area contributed by atoms with E-state index >= 15 is 0 Å². The second-order valence-corrected chi connectivity index (χ2v) is 6.85. The van der Waals surface area contributed by atoms with Crippen molar-refractivity contribution in [3.8, 4) is 11.1 Å². The SMILES string of the molecule is Cc1cc(F)ccc1-c1ccc(C(=O)NCCCN2CCNCC2)cc1F.Cl. The molecule has 0 unspecified atom stereocenters. The Balaban J connectivity index is 0.00000280. The molecular weight excluding hydrogens is 384 g/mol. The van der Waals surface area contributed by atoms with Gasteiger partial charge >= 0.3 is 0 Å². The Morgan fingerprint density at radius 1 is 1.11 bits per heavy atom. The minimum atomic E-state index is -0.488. The standard InChI is InChI=1S/C21H25F2N3O.ClH/c1-15-13-17(22)4-6-18(15)19-5-3-16(14-20(19)23)21(27)25-7-2-10-26-11-8-24-9-12-26;/h3-6,13-14,24H,2,7-12H2,1H3,(H,25,27);1H. The van der Waals surface area contributed by atoms with Crippen molar-refractivity contribution in [3.05, 3.63) is 59.2 Å². The van der Waals surface area contributed by atoms with Gasteiger partial charge in [-0.15, -0.1) is 12.4 Å². The molecule has 0 atom stereocenters. The molecule has 1 heterocycles.